The van der Waals surface area contributed by atoms with Crippen LogP contribution in [-0.4, -0.2) is 74.9 Å². The minimum atomic E-state index is -1.44. The third kappa shape index (κ3) is 4.74. The smallest absolute Gasteiger partial charge is 0.303 e. The molecule has 0 amide bonds. The Labute approximate surface area is 245 Å². The van der Waals surface area contributed by atoms with Crippen molar-refractivity contribution in [3.63, 3.8) is 0 Å². The molecule has 2 saturated carbocycles. The van der Waals surface area contributed by atoms with Gasteiger partial charge < -0.3 is 35.0 Å². The van der Waals surface area contributed by atoms with E-state index >= 15 is 0 Å². The SMILES string of the molecule is C[C@H](CCC(=O)O)[C@H]1CC[C@@]2(C)C3=C(CC[C@]12C)[C@@]1(C)CCC(O[C@@H]2OC(CO)[C@@H](O)C(O)C2O)C(C)(C)C1CC3. The standard InChI is InChI=1S/C33H54O8/c1-18(7-10-25(35)36)19-11-15-33(6)21-8-9-23-30(2,3)24(13-14-31(23,4)20(21)12-16-32(19,33)5)41-29-28(39)27(38)26(37)22(17-34)40-29/h18-19,22-24,26-29,34,37-39H,7-17H2,1-6H3,(H,35,36)/t18-,19-,22?,23?,24?,26-,27?,28?,29+,31-,32-,33+/m1/s1. The van der Waals surface area contributed by atoms with Crippen LogP contribution in [0.5, 0.6) is 0 Å². The summed E-state index contributed by atoms with van der Waals surface area (Å²) >= 11 is 0. The van der Waals surface area contributed by atoms with Crippen molar-refractivity contribution in [1.29, 1.82) is 0 Å². The third-order valence-corrected chi connectivity index (χ3v) is 13.4. The zero-order valence-electron chi connectivity index (χ0n) is 25.9. The summed E-state index contributed by atoms with van der Waals surface area (Å²) < 4.78 is 12.1. The summed E-state index contributed by atoms with van der Waals surface area (Å²) in [6, 6.07) is 0. The number of carboxylic acid groups (broad SMARTS) is 1. The highest BCUT2D eigenvalue weighted by Gasteiger charge is 2.63. The monoisotopic (exact) mass is 578 g/mol. The molecule has 0 bridgehead atoms. The van der Waals surface area contributed by atoms with E-state index in [0.29, 0.717) is 17.8 Å². The highest BCUT2D eigenvalue weighted by molar-refractivity contribution is 5.66. The van der Waals surface area contributed by atoms with E-state index in [1.807, 2.05) is 0 Å². The topological polar surface area (TPSA) is 137 Å². The van der Waals surface area contributed by atoms with E-state index in [1.54, 1.807) is 11.1 Å². The molecule has 41 heavy (non-hydrogen) atoms. The van der Waals surface area contributed by atoms with Gasteiger partial charge in [-0.25, -0.2) is 0 Å². The zero-order chi connectivity index (χ0) is 30.1. The Balaban J connectivity index is 1.38. The van der Waals surface area contributed by atoms with Gasteiger partial charge in [0.25, 0.3) is 0 Å². The number of carboxylic acids is 1. The van der Waals surface area contributed by atoms with E-state index in [4.69, 9.17) is 9.47 Å². The predicted octanol–water partition coefficient (Wildman–Crippen LogP) is 4.42. The van der Waals surface area contributed by atoms with E-state index < -0.39 is 43.3 Å². The van der Waals surface area contributed by atoms with Gasteiger partial charge in [-0.15, -0.1) is 0 Å². The van der Waals surface area contributed by atoms with Crippen molar-refractivity contribution >= 4 is 5.97 Å². The van der Waals surface area contributed by atoms with Gasteiger partial charge >= 0.3 is 5.97 Å². The molecule has 0 aromatic rings. The molecular formula is C33H54O8. The molecule has 8 heteroatoms. The van der Waals surface area contributed by atoms with E-state index in [-0.39, 0.29) is 34.2 Å². The first kappa shape index (κ1) is 31.4. The van der Waals surface area contributed by atoms with Crippen molar-refractivity contribution in [2.75, 3.05) is 6.61 Å². The second-order valence-corrected chi connectivity index (χ2v) is 15.5. The van der Waals surface area contributed by atoms with Gasteiger partial charge in [-0.1, -0.05) is 52.7 Å². The van der Waals surface area contributed by atoms with Crippen molar-refractivity contribution in [2.45, 2.75) is 143 Å². The number of rotatable bonds is 7. The number of allylic oxidation sites excluding steroid dienone is 2. The summed E-state index contributed by atoms with van der Waals surface area (Å²) in [5, 5.41) is 50.1. The Bertz CT molecular complexity index is 1040. The van der Waals surface area contributed by atoms with Crippen LogP contribution in [0.25, 0.3) is 0 Å². The third-order valence-electron chi connectivity index (χ3n) is 13.4. The fourth-order valence-corrected chi connectivity index (χ4v) is 10.8. The van der Waals surface area contributed by atoms with Crippen LogP contribution >= 0.6 is 0 Å². The molecule has 0 aromatic heterocycles. The van der Waals surface area contributed by atoms with E-state index in [9.17, 15) is 30.3 Å². The first-order chi connectivity index (χ1) is 19.1. The van der Waals surface area contributed by atoms with Gasteiger partial charge in [-0.05, 0) is 97.2 Å². The Morgan fingerprint density at radius 3 is 2.32 bits per heavy atom. The fraction of sp³-hybridized carbons (Fsp3) is 0.909. The Kier molecular flexibility index (Phi) is 8.31. The molecule has 5 N–H and O–H groups in total. The van der Waals surface area contributed by atoms with Crippen molar-refractivity contribution in [2.24, 2.45) is 39.4 Å². The van der Waals surface area contributed by atoms with Gasteiger partial charge in [-0.3, -0.25) is 4.79 Å². The number of hydrogen-bond acceptors (Lipinski definition) is 7. The van der Waals surface area contributed by atoms with Crippen LogP contribution in [0.3, 0.4) is 0 Å². The molecule has 1 saturated heterocycles. The largest absolute Gasteiger partial charge is 0.481 e. The number of aliphatic hydroxyl groups is 4. The summed E-state index contributed by atoms with van der Waals surface area (Å²) in [5.74, 6) is 0.639. The lowest BCUT2D eigenvalue weighted by molar-refractivity contribution is -0.325. The van der Waals surface area contributed by atoms with E-state index in [1.165, 1.54) is 12.8 Å². The number of hydrogen-bond donors (Lipinski definition) is 5. The Hall–Kier alpha value is -1.03. The molecule has 1 aliphatic heterocycles. The lowest BCUT2D eigenvalue weighted by Gasteiger charge is -2.63. The first-order valence-electron chi connectivity index (χ1n) is 16.0. The van der Waals surface area contributed by atoms with Crippen molar-refractivity contribution < 1.29 is 39.8 Å². The molecule has 4 aliphatic carbocycles. The van der Waals surface area contributed by atoms with Crippen LogP contribution in [-0.2, 0) is 14.3 Å². The molecule has 1 heterocycles. The summed E-state index contributed by atoms with van der Waals surface area (Å²) in [6.45, 7) is 13.8. The summed E-state index contributed by atoms with van der Waals surface area (Å²) in [6.07, 6.45) is 3.04. The van der Waals surface area contributed by atoms with Crippen molar-refractivity contribution in [3.05, 3.63) is 11.1 Å². The minimum absolute atomic E-state index is 0.0592. The molecule has 8 nitrogen and oxygen atoms in total. The Morgan fingerprint density at radius 1 is 0.951 bits per heavy atom. The van der Waals surface area contributed by atoms with E-state index in [0.717, 1.165) is 44.9 Å². The second-order valence-electron chi connectivity index (χ2n) is 15.5. The molecule has 234 valence electrons. The van der Waals surface area contributed by atoms with Gasteiger partial charge in [0.05, 0.1) is 12.7 Å². The highest BCUT2D eigenvalue weighted by atomic mass is 16.7. The van der Waals surface area contributed by atoms with Gasteiger partial charge in [0, 0.05) is 6.42 Å². The van der Waals surface area contributed by atoms with Gasteiger partial charge in [-0.2, -0.15) is 0 Å². The Morgan fingerprint density at radius 2 is 1.66 bits per heavy atom. The van der Waals surface area contributed by atoms with Gasteiger partial charge in [0.2, 0.25) is 0 Å². The molecular weight excluding hydrogens is 524 g/mol. The van der Waals surface area contributed by atoms with Gasteiger partial charge in [0.15, 0.2) is 6.29 Å². The number of fused-ring (bicyclic) bond motifs is 4. The maximum Gasteiger partial charge on any atom is 0.303 e. The normalized spacial score (nSPS) is 48.2. The average Bonchev–Trinajstić information content (AvgIpc) is 3.20. The van der Waals surface area contributed by atoms with Crippen LogP contribution in [0.15, 0.2) is 11.1 Å². The highest BCUT2D eigenvalue weighted by Crippen LogP contribution is 2.72. The van der Waals surface area contributed by atoms with Crippen LogP contribution < -0.4 is 0 Å². The molecule has 3 fully saturated rings. The number of carbonyl (C=O) groups is 1. The molecule has 0 aromatic carbocycles. The lowest BCUT2D eigenvalue weighted by Crippen LogP contribution is -2.61. The lowest BCUT2D eigenvalue weighted by atomic mass is 9.43. The molecule has 0 radical (unpaired) electrons. The first-order valence-corrected chi connectivity index (χ1v) is 16.0. The summed E-state index contributed by atoms with van der Waals surface area (Å²) in [7, 11) is 0. The fourth-order valence-electron chi connectivity index (χ4n) is 10.8. The molecule has 5 aliphatic rings. The quantitative estimate of drug-likeness (QED) is 0.280. The van der Waals surface area contributed by atoms with Crippen LogP contribution in [0.1, 0.15) is 106 Å². The maximum absolute atomic E-state index is 11.3. The number of aliphatic carboxylic acids is 1. The summed E-state index contributed by atoms with van der Waals surface area (Å²) in [4.78, 5) is 11.3. The molecule has 0 spiro atoms. The second kappa shape index (κ2) is 10.8. The predicted molar refractivity (Wildman–Crippen MR) is 154 cm³/mol. The minimum Gasteiger partial charge on any atom is -0.481 e. The molecule has 5 rings (SSSR count). The van der Waals surface area contributed by atoms with E-state index in [2.05, 4.69) is 41.5 Å². The number of aliphatic hydroxyl groups excluding tert-OH is 4. The van der Waals surface area contributed by atoms with Crippen LogP contribution in [0, 0.1) is 39.4 Å². The van der Waals surface area contributed by atoms with Crippen molar-refractivity contribution in [3.8, 4) is 0 Å². The average molecular weight is 579 g/mol. The molecule has 12 atom stereocenters. The van der Waals surface area contributed by atoms with Gasteiger partial charge in [0.1, 0.15) is 24.4 Å². The zero-order valence-corrected chi connectivity index (χ0v) is 25.9. The van der Waals surface area contributed by atoms with Crippen molar-refractivity contribution in [1.82, 2.24) is 0 Å². The number of ether oxygens (including phenoxy) is 2. The van der Waals surface area contributed by atoms with Crippen LogP contribution in [0.2, 0.25) is 0 Å². The molecule has 5 unspecified atom stereocenters. The summed E-state index contributed by atoms with van der Waals surface area (Å²) in [5.41, 5.74) is 3.52. The maximum atomic E-state index is 11.3. The van der Waals surface area contributed by atoms with Crippen LogP contribution in [0.4, 0.5) is 0 Å².